The maximum Gasteiger partial charge on any atom is 0.407 e. The Morgan fingerprint density at radius 3 is 2.26 bits per heavy atom. The third-order valence-electron chi connectivity index (χ3n) is 4.74. The lowest BCUT2D eigenvalue weighted by Crippen LogP contribution is -2.42. The molecule has 0 unspecified atom stereocenters. The molecule has 0 aliphatic heterocycles. The fourth-order valence-corrected chi connectivity index (χ4v) is 3.42. The van der Waals surface area contributed by atoms with Gasteiger partial charge in [0.2, 0.25) is 0 Å². The molecule has 27 heavy (non-hydrogen) atoms. The van der Waals surface area contributed by atoms with Gasteiger partial charge in [-0.15, -0.1) is 0 Å². The second-order valence-electron chi connectivity index (χ2n) is 8.32. The van der Waals surface area contributed by atoms with Gasteiger partial charge in [-0.2, -0.15) is 5.10 Å². The maximum absolute atomic E-state index is 11.9. The Balaban J connectivity index is 1.46. The summed E-state index contributed by atoms with van der Waals surface area (Å²) in [4.78, 5) is 11.9. The van der Waals surface area contributed by atoms with Crippen LogP contribution in [0.2, 0.25) is 0 Å². The Labute approximate surface area is 161 Å². The molecule has 1 heterocycles. The van der Waals surface area contributed by atoms with Gasteiger partial charge in [0.15, 0.2) is 0 Å². The molecule has 1 saturated carbocycles. The van der Waals surface area contributed by atoms with Crippen LogP contribution in [0.5, 0.6) is 0 Å². The van der Waals surface area contributed by atoms with Crippen LogP contribution in [0.25, 0.3) is 11.1 Å². The first-order valence-electron chi connectivity index (χ1n) is 9.64. The van der Waals surface area contributed by atoms with Gasteiger partial charge in [-0.3, -0.25) is 4.68 Å². The van der Waals surface area contributed by atoms with E-state index < -0.39 is 5.60 Å². The predicted octanol–water partition coefficient (Wildman–Crippen LogP) is 4.33. The fourth-order valence-electron chi connectivity index (χ4n) is 3.42. The number of carbonyl (C=O) groups excluding carboxylic acids is 1. The molecular formula is C21H30N4O2. The molecule has 1 amide bonds. The Bertz CT molecular complexity index is 753. The SMILES string of the molecule is Cn1cc(-c2ccc(NC3CCC(NC(=O)OC(C)(C)C)CC3)cc2)cn1. The summed E-state index contributed by atoms with van der Waals surface area (Å²) in [7, 11) is 1.92. The molecule has 0 atom stereocenters. The van der Waals surface area contributed by atoms with Crippen LogP contribution in [0.3, 0.4) is 0 Å². The van der Waals surface area contributed by atoms with Crippen LogP contribution in [-0.2, 0) is 11.8 Å². The Hall–Kier alpha value is -2.50. The molecule has 6 nitrogen and oxygen atoms in total. The lowest BCUT2D eigenvalue weighted by molar-refractivity contribution is 0.0492. The van der Waals surface area contributed by atoms with Crippen molar-refractivity contribution in [1.29, 1.82) is 0 Å². The second-order valence-corrected chi connectivity index (χ2v) is 8.32. The molecule has 0 bridgehead atoms. The maximum atomic E-state index is 11.9. The molecule has 1 aliphatic carbocycles. The van der Waals surface area contributed by atoms with Crippen molar-refractivity contribution in [2.75, 3.05) is 5.32 Å². The zero-order valence-corrected chi connectivity index (χ0v) is 16.7. The van der Waals surface area contributed by atoms with Gasteiger partial charge in [-0.1, -0.05) is 12.1 Å². The number of amides is 1. The van der Waals surface area contributed by atoms with E-state index in [0.717, 1.165) is 36.9 Å². The van der Waals surface area contributed by atoms with E-state index in [9.17, 15) is 4.79 Å². The largest absolute Gasteiger partial charge is 0.444 e. The third-order valence-corrected chi connectivity index (χ3v) is 4.74. The average molecular weight is 370 g/mol. The van der Waals surface area contributed by atoms with Gasteiger partial charge in [-0.05, 0) is 64.2 Å². The number of nitrogens with zero attached hydrogens (tertiary/aromatic N) is 2. The van der Waals surface area contributed by atoms with Crippen LogP contribution < -0.4 is 10.6 Å². The third kappa shape index (κ3) is 5.74. The fraction of sp³-hybridized carbons (Fsp3) is 0.524. The average Bonchev–Trinajstić information content (AvgIpc) is 3.02. The highest BCUT2D eigenvalue weighted by Gasteiger charge is 2.24. The molecule has 2 aromatic rings. The first kappa shape index (κ1) is 19.3. The van der Waals surface area contributed by atoms with E-state index >= 15 is 0 Å². The molecule has 1 fully saturated rings. The topological polar surface area (TPSA) is 68.2 Å². The van der Waals surface area contributed by atoms with Crippen molar-refractivity contribution in [3.8, 4) is 11.1 Å². The van der Waals surface area contributed by atoms with Crippen LogP contribution >= 0.6 is 0 Å². The minimum Gasteiger partial charge on any atom is -0.444 e. The number of aromatic nitrogens is 2. The zero-order valence-electron chi connectivity index (χ0n) is 16.7. The highest BCUT2D eigenvalue weighted by Crippen LogP contribution is 2.25. The minimum absolute atomic E-state index is 0.200. The molecule has 6 heteroatoms. The number of nitrogens with one attached hydrogen (secondary N) is 2. The monoisotopic (exact) mass is 370 g/mol. The van der Waals surface area contributed by atoms with Gasteiger partial charge in [0.25, 0.3) is 0 Å². The highest BCUT2D eigenvalue weighted by molar-refractivity contribution is 5.68. The number of alkyl carbamates (subject to hydrolysis) is 1. The van der Waals surface area contributed by atoms with Crippen molar-refractivity contribution in [3.63, 3.8) is 0 Å². The minimum atomic E-state index is -0.454. The number of ether oxygens (including phenoxy) is 1. The number of anilines is 1. The molecule has 0 saturated heterocycles. The molecule has 0 radical (unpaired) electrons. The van der Waals surface area contributed by atoms with Crippen LogP contribution in [0.15, 0.2) is 36.7 Å². The number of carbonyl (C=O) groups is 1. The molecule has 146 valence electrons. The van der Waals surface area contributed by atoms with Gasteiger partial charge >= 0.3 is 6.09 Å². The molecule has 3 rings (SSSR count). The summed E-state index contributed by atoms with van der Waals surface area (Å²) in [5, 5.41) is 10.8. The number of rotatable bonds is 4. The number of hydrogen-bond donors (Lipinski definition) is 2. The lowest BCUT2D eigenvalue weighted by Gasteiger charge is -2.31. The van der Waals surface area contributed by atoms with Crippen molar-refractivity contribution in [1.82, 2.24) is 15.1 Å². The van der Waals surface area contributed by atoms with E-state index in [1.165, 1.54) is 5.56 Å². The molecule has 2 N–H and O–H groups in total. The van der Waals surface area contributed by atoms with E-state index in [0.29, 0.717) is 6.04 Å². The predicted molar refractivity (Wildman–Crippen MR) is 108 cm³/mol. The normalized spacial score (nSPS) is 20.1. The van der Waals surface area contributed by atoms with E-state index in [1.807, 2.05) is 44.9 Å². The Morgan fingerprint density at radius 1 is 1.07 bits per heavy atom. The molecule has 0 spiro atoms. The van der Waals surface area contributed by atoms with Crippen molar-refractivity contribution < 1.29 is 9.53 Å². The van der Waals surface area contributed by atoms with E-state index in [-0.39, 0.29) is 12.1 Å². The summed E-state index contributed by atoms with van der Waals surface area (Å²) in [6.45, 7) is 5.65. The second kappa shape index (κ2) is 8.03. The summed E-state index contributed by atoms with van der Waals surface area (Å²) < 4.78 is 7.15. The Kier molecular flexibility index (Phi) is 5.73. The Morgan fingerprint density at radius 2 is 1.70 bits per heavy atom. The number of aryl methyl sites for hydroxylation is 1. The summed E-state index contributed by atoms with van der Waals surface area (Å²) in [6.07, 6.45) is 7.57. The molecule has 1 aromatic carbocycles. The van der Waals surface area contributed by atoms with E-state index in [1.54, 1.807) is 0 Å². The summed E-state index contributed by atoms with van der Waals surface area (Å²) in [6, 6.07) is 9.11. The molecule has 1 aliphatic rings. The van der Waals surface area contributed by atoms with Crippen LogP contribution in [0, 0.1) is 0 Å². The van der Waals surface area contributed by atoms with Crippen molar-refractivity contribution >= 4 is 11.8 Å². The van der Waals surface area contributed by atoms with E-state index in [4.69, 9.17) is 4.74 Å². The summed E-state index contributed by atoms with van der Waals surface area (Å²) >= 11 is 0. The molecule has 1 aromatic heterocycles. The van der Waals surface area contributed by atoms with Gasteiger partial charge in [0, 0.05) is 36.6 Å². The van der Waals surface area contributed by atoms with Crippen LogP contribution in [0.1, 0.15) is 46.5 Å². The molecular weight excluding hydrogens is 340 g/mol. The van der Waals surface area contributed by atoms with Crippen molar-refractivity contribution in [3.05, 3.63) is 36.7 Å². The van der Waals surface area contributed by atoms with Crippen molar-refractivity contribution in [2.24, 2.45) is 7.05 Å². The first-order valence-corrected chi connectivity index (χ1v) is 9.64. The summed E-state index contributed by atoms with van der Waals surface area (Å²) in [5.74, 6) is 0. The van der Waals surface area contributed by atoms with Gasteiger partial charge in [0.1, 0.15) is 5.60 Å². The van der Waals surface area contributed by atoms with Crippen LogP contribution in [0.4, 0.5) is 10.5 Å². The first-order chi connectivity index (χ1) is 12.8. The summed E-state index contributed by atoms with van der Waals surface area (Å²) in [5.41, 5.74) is 2.97. The smallest absolute Gasteiger partial charge is 0.407 e. The number of hydrogen-bond acceptors (Lipinski definition) is 4. The highest BCUT2D eigenvalue weighted by atomic mass is 16.6. The zero-order chi connectivity index (χ0) is 19.4. The van der Waals surface area contributed by atoms with Crippen molar-refractivity contribution in [2.45, 2.75) is 64.1 Å². The quantitative estimate of drug-likeness (QED) is 0.840. The van der Waals surface area contributed by atoms with Gasteiger partial charge < -0.3 is 15.4 Å². The lowest BCUT2D eigenvalue weighted by atomic mass is 9.91. The van der Waals surface area contributed by atoms with Gasteiger partial charge in [0.05, 0.1) is 6.20 Å². The van der Waals surface area contributed by atoms with E-state index in [2.05, 4.69) is 40.0 Å². The van der Waals surface area contributed by atoms with Gasteiger partial charge in [-0.25, -0.2) is 4.79 Å². The standard InChI is InChI=1S/C21H30N4O2/c1-21(2,3)27-20(26)24-19-11-9-18(10-12-19)23-17-7-5-15(6-8-17)16-13-22-25(4)14-16/h5-8,13-14,18-19,23H,9-12H2,1-4H3,(H,24,26). The number of benzene rings is 1. The van der Waals surface area contributed by atoms with Crippen LogP contribution in [-0.4, -0.2) is 33.6 Å².